The van der Waals surface area contributed by atoms with Crippen LogP contribution in [0.3, 0.4) is 0 Å². The standard InChI is InChI=1S/C15H26N4O2/c1-10(2)4-7-17-15(20)19-8-5-12(6-9-19)13-11(3)14(16)21-18-13/h10,12H,4-9,16H2,1-3H3,(H,17,20). The second-order valence-corrected chi connectivity index (χ2v) is 6.23. The summed E-state index contributed by atoms with van der Waals surface area (Å²) in [5.74, 6) is 1.35. The zero-order valence-corrected chi connectivity index (χ0v) is 13.2. The monoisotopic (exact) mass is 294 g/mol. The van der Waals surface area contributed by atoms with Crippen LogP contribution >= 0.6 is 0 Å². The first-order chi connectivity index (χ1) is 9.99. The Morgan fingerprint density at radius 2 is 2.14 bits per heavy atom. The van der Waals surface area contributed by atoms with Gasteiger partial charge in [-0.2, -0.15) is 0 Å². The van der Waals surface area contributed by atoms with E-state index in [0.29, 0.717) is 17.7 Å². The number of urea groups is 1. The van der Waals surface area contributed by atoms with Crippen LogP contribution in [-0.2, 0) is 0 Å². The fourth-order valence-electron chi connectivity index (χ4n) is 2.68. The van der Waals surface area contributed by atoms with Gasteiger partial charge in [0, 0.05) is 31.1 Å². The van der Waals surface area contributed by atoms with Crippen LogP contribution in [-0.4, -0.2) is 35.7 Å². The van der Waals surface area contributed by atoms with E-state index in [2.05, 4.69) is 24.3 Å². The normalized spacial score (nSPS) is 16.5. The number of nitrogens with two attached hydrogens (primary N) is 1. The molecule has 0 unspecified atom stereocenters. The number of aromatic nitrogens is 1. The minimum absolute atomic E-state index is 0.0467. The van der Waals surface area contributed by atoms with Crippen LogP contribution in [0.4, 0.5) is 10.7 Å². The summed E-state index contributed by atoms with van der Waals surface area (Å²) >= 11 is 0. The second kappa shape index (κ2) is 6.83. The van der Waals surface area contributed by atoms with Crippen LogP contribution in [0.1, 0.15) is 50.3 Å². The molecule has 3 N–H and O–H groups in total. The van der Waals surface area contributed by atoms with E-state index in [-0.39, 0.29) is 6.03 Å². The van der Waals surface area contributed by atoms with E-state index in [1.54, 1.807) is 0 Å². The molecule has 21 heavy (non-hydrogen) atoms. The quantitative estimate of drug-likeness (QED) is 0.893. The molecular formula is C15H26N4O2. The predicted molar refractivity (Wildman–Crippen MR) is 82.1 cm³/mol. The Hall–Kier alpha value is -1.72. The topological polar surface area (TPSA) is 84.4 Å². The van der Waals surface area contributed by atoms with Crippen LogP contribution in [0.15, 0.2) is 4.52 Å². The molecule has 6 heteroatoms. The molecule has 2 rings (SSSR count). The van der Waals surface area contributed by atoms with Crippen molar-refractivity contribution in [1.82, 2.24) is 15.4 Å². The lowest BCUT2D eigenvalue weighted by Gasteiger charge is -2.31. The summed E-state index contributed by atoms with van der Waals surface area (Å²) in [4.78, 5) is 13.9. The highest BCUT2D eigenvalue weighted by molar-refractivity contribution is 5.74. The maximum absolute atomic E-state index is 12.1. The van der Waals surface area contributed by atoms with Gasteiger partial charge in [-0.1, -0.05) is 19.0 Å². The number of hydrogen-bond acceptors (Lipinski definition) is 4. The maximum Gasteiger partial charge on any atom is 0.317 e. The molecule has 2 heterocycles. The lowest BCUT2D eigenvalue weighted by atomic mass is 9.91. The van der Waals surface area contributed by atoms with Crippen molar-refractivity contribution in [3.05, 3.63) is 11.3 Å². The third-order valence-electron chi connectivity index (χ3n) is 4.16. The Labute approximate surface area is 126 Å². The smallest absolute Gasteiger partial charge is 0.317 e. The molecule has 0 spiro atoms. The minimum atomic E-state index is 0.0467. The molecule has 1 saturated heterocycles. The SMILES string of the molecule is Cc1c(C2CCN(C(=O)NCCC(C)C)CC2)noc1N. The third-order valence-corrected chi connectivity index (χ3v) is 4.16. The number of carbonyl (C=O) groups is 1. The average molecular weight is 294 g/mol. The number of nitrogens with one attached hydrogen (secondary N) is 1. The molecule has 118 valence electrons. The Balaban J connectivity index is 1.80. The van der Waals surface area contributed by atoms with Crippen molar-refractivity contribution in [1.29, 1.82) is 0 Å². The van der Waals surface area contributed by atoms with Gasteiger partial charge < -0.3 is 20.5 Å². The molecule has 0 radical (unpaired) electrons. The highest BCUT2D eigenvalue weighted by Crippen LogP contribution is 2.31. The van der Waals surface area contributed by atoms with Crippen molar-refractivity contribution < 1.29 is 9.32 Å². The molecule has 1 aromatic rings. The van der Waals surface area contributed by atoms with E-state index in [0.717, 1.165) is 50.2 Å². The summed E-state index contributed by atoms with van der Waals surface area (Å²) < 4.78 is 5.03. The molecule has 0 atom stereocenters. The maximum atomic E-state index is 12.1. The number of hydrogen-bond donors (Lipinski definition) is 2. The van der Waals surface area contributed by atoms with E-state index >= 15 is 0 Å². The molecular weight excluding hydrogens is 268 g/mol. The van der Waals surface area contributed by atoms with Crippen LogP contribution in [0.5, 0.6) is 0 Å². The highest BCUT2D eigenvalue weighted by Gasteiger charge is 2.27. The number of piperidine rings is 1. The largest absolute Gasteiger partial charge is 0.367 e. The predicted octanol–water partition coefficient (Wildman–Crippen LogP) is 2.50. The average Bonchev–Trinajstić information content (AvgIpc) is 2.79. The van der Waals surface area contributed by atoms with Gasteiger partial charge in [-0.25, -0.2) is 4.79 Å². The molecule has 0 aromatic carbocycles. The van der Waals surface area contributed by atoms with Gasteiger partial charge in [-0.3, -0.25) is 0 Å². The number of amides is 2. The van der Waals surface area contributed by atoms with Crippen molar-refractivity contribution in [2.45, 2.75) is 46.0 Å². The molecule has 1 aromatic heterocycles. The Bertz CT molecular complexity index is 476. The van der Waals surface area contributed by atoms with Gasteiger partial charge in [0.05, 0.1) is 5.69 Å². The molecule has 1 fully saturated rings. The van der Waals surface area contributed by atoms with Crippen molar-refractivity contribution in [3.8, 4) is 0 Å². The fraction of sp³-hybridized carbons (Fsp3) is 0.733. The Morgan fingerprint density at radius 3 is 2.67 bits per heavy atom. The van der Waals surface area contributed by atoms with E-state index in [9.17, 15) is 4.79 Å². The summed E-state index contributed by atoms with van der Waals surface area (Å²) in [5, 5.41) is 7.05. The van der Waals surface area contributed by atoms with Gasteiger partial charge in [0.1, 0.15) is 0 Å². The van der Waals surface area contributed by atoms with Crippen LogP contribution in [0, 0.1) is 12.8 Å². The summed E-state index contributed by atoms with van der Waals surface area (Å²) in [6, 6.07) is 0.0467. The van der Waals surface area contributed by atoms with Crippen molar-refractivity contribution in [2.24, 2.45) is 5.92 Å². The van der Waals surface area contributed by atoms with Crippen molar-refractivity contribution >= 4 is 11.9 Å². The lowest BCUT2D eigenvalue weighted by Crippen LogP contribution is -2.44. The van der Waals surface area contributed by atoms with E-state index < -0.39 is 0 Å². The Kier molecular flexibility index (Phi) is 5.09. The van der Waals surface area contributed by atoms with Gasteiger partial charge in [0.2, 0.25) is 5.88 Å². The fourth-order valence-corrected chi connectivity index (χ4v) is 2.68. The number of nitrogens with zero attached hydrogens (tertiary/aromatic N) is 2. The number of carbonyl (C=O) groups excluding carboxylic acids is 1. The van der Waals surface area contributed by atoms with Crippen LogP contribution in [0.2, 0.25) is 0 Å². The van der Waals surface area contributed by atoms with E-state index in [1.165, 1.54) is 0 Å². The molecule has 0 aliphatic carbocycles. The van der Waals surface area contributed by atoms with Gasteiger partial charge in [0.15, 0.2) is 0 Å². The molecule has 0 saturated carbocycles. The van der Waals surface area contributed by atoms with Gasteiger partial charge in [0.25, 0.3) is 0 Å². The summed E-state index contributed by atoms with van der Waals surface area (Å²) in [6.45, 7) is 8.50. The van der Waals surface area contributed by atoms with Gasteiger partial charge in [-0.15, -0.1) is 0 Å². The minimum Gasteiger partial charge on any atom is -0.367 e. The van der Waals surface area contributed by atoms with Crippen molar-refractivity contribution in [3.63, 3.8) is 0 Å². The molecule has 1 aliphatic heterocycles. The van der Waals surface area contributed by atoms with Crippen LogP contribution < -0.4 is 11.1 Å². The summed E-state index contributed by atoms with van der Waals surface area (Å²) in [6.07, 6.45) is 2.83. The van der Waals surface area contributed by atoms with Crippen LogP contribution in [0.25, 0.3) is 0 Å². The zero-order valence-electron chi connectivity index (χ0n) is 13.2. The molecule has 6 nitrogen and oxygen atoms in total. The van der Waals surface area contributed by atoms with E-state index in [1.807, 2.05) is 11.8 Å². The van der Waals surface area contributed by atoms with Crippen molar-refractivity contribution in [2.75, 3.05) is 25.4 Å². The van der Waals surface area contributed by atoms with E-state index in [4.69, 9.17) is 10.3 Å². The first-order valence-electron chi connectivity index (χ1n) is 7.73. The third kappa shape index (κ3) is 3.89. The number of likely N-dealkylation sites (tertiary alicyclic amines) is 1. The number of nitrogen functional groups attached to an aromatic ring is 1. The number of anilines is 1. The molecule has 2 amide bonds. The van der Waals surface area contributed by atoms with Gasteiger partial charge in [-0.05, 0) is 32.1 Å². The number of rotatable bonds is 4. The molecule has 0 bridgehead atoms. The summed E-state index contributed by atoms with van der Waals surface area (Å²) in [7, 11) is 0. The first-order valence-corrected chi connectivity index (χ1v) is 7.73. The zero-order chi connectivity index (χ0) is 15.4. The highest BCUT2D eigenvalue weighted by atomic mass is 16.5. The Morgan fingerprint density at radius 1 is 1.48 bits per heavy atom. The second-order valence-electron chi connectivity index (χ2n) is 6.23. The molecule has 1 aliphatic rings. The van der Waals surface area contributed by atoms with Gasteiger partial charge >= 0.3 is 6.03 Å². The lowest BCUT2D eigenvalue weighted by molar-refractivity contribution is 0.180. The first kappa shape index (κ1) is 15.7. The summed E-state index contributed by atoms with van der Waals surface area (Å²) in [5.41, 5.74) is 7.59.